The van der Waals surface area contributed by atoms with Crippen molar-refractivity contribution in [1.29, 1.82) is 0 Å². The first-order valence-corrected chi connectivity index (χ1v) is 9.69. The van der Waals surface area contributed by atoms with Crippen LogP contribution in [0.25, 0.3) is 0 Å². The van der Waals surface area contributed by atoms with Gasteiger partial charge in [0.05, 0.1) is 0 Å². The van der Waals surface area contributed by atoms with E-state index in [1.807, 2.05) is 0 Å². The highest BCUT2D eigenvalue weighted by atomic mass is 15.2. The highest BCUT2D eigenvalue weighted by Crippen LogP contribution is 2.61. The average Bonchev–Trinajstić information content (AvgIpc) is 2.44. The summed E-state index contributed by atoms with van der Waals surface area (Å²) in [6, 6.07) is 0.572. The lowest BCUT2D eigenvalue weighted by atomic mass is 9.48. The van der Waals surface area contributed by atoms with Crippen molar-refractivity contribution in [2.24, 2.45) is 29.0 Å². The Labute approximate surface area is 131 Å². The molecule has 1 atom stereocenters. The molecule has 0 aromatic carbocycles. The first-order chi connectivity index (χ1) is 10.2. The lowest BCUT2D eigenvalue weighted by Gasteiger charge is -2.57. The third-order valence-corrected chi connectivity index (χ3v) is 6.74. The van der Waals surface area contributed by atoms with Crippen molar-refractivity contribution in [3.8, 4) is 0 Å². The molecule has 0 aromatic rings. The Morgan fingerprint density at radius 2 is 1.52 bits per heavy atom. The smallest absolute Gasteiger partial charge is 0.0215 e. The number of nitrogens with two attached hydrogens (primary N) is 1. The Hall–Kier alpha value is -0.0800. The molecule has 0 amide bonds. The summed E-state index contributed by atoms with van der Waals surface area (Å²) in [4.78, 5) is 0. The predicted octanol–water partition coefficient (Wildman–Crippen LogP) is 4.79. The normalized spacial score (nSPS) is 38.9. The quantitative estimate of drug-likeness (QED) is 0.364. The minimum absolute atomic E-state index is 0.572. The maximum Gasteiger partial charge on any atom is 0.0215 e. The molecule has 4 fully saturated rings. The Kier molecular flexibility index (Phi) is 5.27. The van der Waals surface area contributed by atoms with E-state index in [4.69, 9.17) is 5.84 Å². The van der Waals surface area contributed by atoms with Gasteiger partial charge in [0.25, 0.3) is 0 Å². The molecule has 4 bridgehead atoms. The third-order valence-electron chi connectivity index (χ3n) is 6.74. The highest BCUT2D eigenvalue weighted by Gasteiger charge is 2.51. The summed E-state index contributed by atoms with van der Waals surface area (Å²) in [6.07, 6.45) is 18.8. The fraction of sp³-hybridized carbons (Fsp3) is 1.00. The molecule has 1 unspecified atom stereocenters. The Bertz CT molecular complexity index is 290. The minimum atomic E-state index is 0.572. The molecule has 0 heterocycles. The number of hydrogen-bond acceptors (Lipinski definition) is 2. The van der Waals surface area contributed by atoms with Crippen LogP contribution in [0.4, 0.5) is 0 Å². The van der Waals surface area contributed by atoms with Gasteiger partial charge in [-0.2, -0.15) is 0 Å². The van der Waals surface area contributed by atoms with Gasteiger partial charge in [-0.1, -0.05) is 39.0 Å². The summed E-state index contributed by atoms with van der Waals surface area (Å²) in [6.45, 7) is 2.29. The molecular formula is C19H36N2. The van der Waals surface area contributed by atoms with Crippen LogP contribution in [0, 0.1) is 23.2 Å². The van der Waals surface area contributed by atoms with Crippen LogP contribution in [0.1, 0.15) is 90.4 Å². The molecule has 0 radical (unpaired) electrons. The van der Waals surface area contributed by atoms with Crippen molar-refractivity contribution in [2.45, 2.75) is 96.4 Å². The van der Waals surface area contributed by atoms with Gasteiger partial charge in [-0.3, -0.25) is 11.3 Å². The highest BCUT2D eigenvalue weighted by molar-refractivity contribution is 5.02. The van der Waals surface area contributed by atoms with E-state index < -0.39 is 0 Å². The maximum absolute atomic E-state index is 5.89. The largest absolute Gasteiger partial charge is 0.271 e. The molecule has 4 saturated carbocycles. The van der Waals surface area contributed by atoms with Crippen LogP contribution in [0.5, 0.6) is 0 Å². The van der Waals surface area contributed by atoms with Crippen LogP contribution in [0.2, 0.25) is 0 Å². The van der Waals surface area contributed by atoms with E-state index in [-0.39, 0.29) is 0 Å². The standard InChI is InChI=1S/C19H36N2/c1-2-3-4-5-6-7-18(21-20)14-19-11-15-8-16(12-19)10-17(9-15)13-19/h15-18,21H,2-14,20H2,1H3. The number of hydrazine groups is 1. The second-order valence-electron chi connectivity index (χ2n) is 8.69. The first-order valence-electron chi connectivity index (χ1n) is 9.69. The van der Waals surface area contributed by atoms with Gasteiger partial charge in [-0.25, -0.2) is 0 Å². The second-order valence-corrected chi connectivity index (χ2v) is 8.69. The van der Waals surface area contributed by atoms with Gasteiger partial charge >= 0.3 is 0 Å². The van der Waals surface area contributed by atoms with Crippen molar-refractivity contribution in [3.05, 3.63) is 0 Å². The molecule has 0 aliphatic heterocycles. The average molecular weight is 293 g/mol. The molecule has 21 heavy (non-hydrogen) atoms. The number of unbranched alkanes of at least 4 members (excludes halogenated alkanes) is 4. The summed E-state index contributed by atoms with van der Waals surface area (Å²) in [5, 5.41) is 0. The summed E-state index contributed by atoms with van der Waals surface area (Å²) < 4.78 is 0. The lowest BCUT2D eigenvalue weighted by Crippen LogP contribution is -2.49. The molecular weight excluding hydrogens is 256 g/mol. The molecule has 0 aromatic heterocycles. The van der Waals surface area contributed by atoms with E-state index in [1.165, 1.54) is 64.2 Å². The zero-order chi connectivity index (χ0) is 14.7. The van der Waals surface area contributed by atoms with Crippen molar-refractivity contribution >= 4 is 0 Å². The fourth-order valence-corrected chi connectivity index (χ4v) is 6.30. The second kappa shape index (κ2) is 7.00. The summed E-state index contributed by atoms with van der Waals surface area (Å²) in [7, 11) is 0. The van der Waals surface area contributed by atoms with Gasteiger partial charge in [0.1, 0.15) is 0 Å². The Morgan fingerprint density at radius 3 is 2.05 bits per heavy atom. The van der Waals surface area contributed by atoms with E-state index >= 15 is 0 Å². The molecule has 122 valence electrons. The topological polar surface area (TPSA) is 38.0 Å². The van der Waals surface area contributed by atoms with Crippen LogP contribution < -0.4 is 11.3 Å². The van der Waals surface area contributed by atoms with Gasteiger partial charge in [-0.15, -0.1) is 0 Å². The van der Waals surface area contributed by atoms with Gasteiger partial charge in [0.2, 0.25) is 0 Å². The van der Waals surface area contributed by atoms with E-state index in [2.05, 4.69) is 12.3 Å². The molecule has 3 N–H and O–H groups in total. The summed E-state index contributed by atoms with van der Waals surface area (Å²) in [5.74, 6) is 9.10. The van der Waals surface area contributed by atoms with Crippen LogP contribution in [-0.4, -0.2) is 6.04 Å². The fourth-order valence-electron chi connectivity index (χ4n) is 6.30. The van der Waals surface area contributed by atoms with Crippen LogP contribution in [-0.2, 0) is 0 Å². The van der Waals surface area contributed by atoms with Crippen molar-refractivity contribution in [3.63, 3.8) is 0 Å². The van der Waals surface area contributed by atoms with Gasteiger partial charge in [-0.05, 0) is 74.5 Å². The van der Waals surface area contributed by atoms with E-state index in [0.29, 0.717) is 11.5 Å². The molecule has 0 saturated heterocycles. The molecule has 2 nitrogen and oxygen atoms in total. The molecule has 0 spiro atoms. The predicted molar refractivity (Wildman–Crippen MR) is 89.7 cm³/mol. The summed E-state index contributed by atoms with van der Waals surface area (Å²) >= 11 is 0. The molecule has 2 heteroatoms. The molecule has 4 rings (SSSR count). The van der Waals surface area contributed by atoms with Crippen molar-refractivity contribution in [1.82, 2.24) is 5.43 Å². The van der Waals surface area contributed by atoms with E-state index in [1.54, 1.807) is 19.3 Å². The number of hydrogen-bond donors (Lipinski definition) is 2. The monoisotopic (exact) mass is 292 g/mol. The van der Waals surface area contributed by atoms with Gasteiger partial charge in [0.15, 0.2) is 0 Å². The Balaban J connectivity index is 1.47. The zero-order valence-electron chi connectivity index (χ0n) is 14.1. The number of rotatable bonds is 9. The summed E-state index contributed by atoms with van der Waals surface area (Å²) in [5.41, 5.74) is 3.84. The van der Waals surface area contributed by atoms with Crippen molar-refractivity contribution in [2.75, 3.05) is 0 Å². The van der Waals surface area contributed by atoms with Crippen LogP contribution in [0.3, 0.4) is 0 Å². The molecule has 4 aliphatic carbocycles. The zero-order valence-corrected chi connectivity index (χ0v) is 14.1. The molecule has 4 aliphatic rings. The van der Waals surface area contributed by atoms with Gasteiger partial charge < -0.3 is 0 Å². The van der Waals surface area contributed by atoms with E-state index in [9.17, 15) is 0 Å². The first kappa shape index (κ1) is 15.8. The minimum Gasteiger partial charge on any atom is -0.271 e. The Morgan fingerprint density at radius 1 is 0.952 bits per heavy atom. The van der Waals surface area contributed by atoms with Crippen LogP contribution >= 0.6 is 0 Å². The van der Waals surface area contributed by atoms with Crippen LogP contribution in [0.15, 0.2) is 0 Å². The van der Waals surface area contributed by atoms with E-state index in [0.717, 1.165) is 17.8 Å². The maximum atomic E-state index is 5.89. The SMILES string of the molecule is CCCCCCCC(CC12CC3CC(CC(C3)C1)C2)NN. The third kappa shape index (κ3) is 3.82. The van der Waals surface area contributed by atoms with Crippen molar-refractivity contribution < 1.29 is 0 Å². The number of nitrogens with one attached hydrogen (secondary N) is 1. The lowest BCUT2D eigenvalue weighted by molar-refractivity contribution is -0.0624. The van der Waals surface area contributed by atoms with Gasteiger partial charge in [0, 0.05) is 6.04 Å².